The van der Waals surface area contributed by atoms with Gasteiger partial charge >= 0.3 is 0 Å². The molecular weight excluding hydrogens is 248 g/mol. The maximum Gasteiger partial charge on any atom is 0.135 e. The molecule has 3 nitrogen and oxygen atoms in total. The standard InChI is InChI=1S/C17H14N2O/c18-14-10-13(11-19-12-14)16-8-4-5-9-17(16)20-15-6-2-1-3-7-15/h1-12H,18H2. The number of rotatable bonds is 3. The molecule has 0 saturated heterocycles. The Kier molecular flexibility index (Phi) is 3.33. The summed E-state index contributed by atoms with van der Waals surface area (Å²) in [4.78, 5) is 4.13. The second-order valence-electron chi connectivity index (χ2n) is 4.42. The number of hydrogen-bond acceptors (Lipinski definition) is 3. The Hall–Kier alpha value is -2.81. The fraction of sp³-hybridized carbons (Fsp3) is 0. The molecule has 3 rings (SSSR count). The first kappa shape index (κ1) is 12.2. The minimum absolute atomic E-state index is 0.636. The van der Waals surface area contributed by atoms with Crippen molar-refractivity contribution in [3.05, 3.63) is 73.1 Å². The predicted molar refractivity (Wildman–Crippen MR) is 80.6 cm³/mol. The number of para-hydroxylation sites is 2. The van der Waals surface area contributed by atoms with Crippen molar-refractivity contribution in [1.82, 2.24) is 4.98 Å². The summed E-state index contributed by atoms with van der Waals surface area (Å²) in [5, 5.41) is 0. The molecule has 0 unspecified atom stereocenters. The highest BCUT2D eigenvalue weighted by Crippen LogP contribution is 2.33. The van der Waals surface area contributed by atoms with Gasteiger partial charge in [0.05, 0.1) is 5.69 Å². The molecule has 0 bridgehead atoms. The molecule has 0 spiro atoms. The highest BCUT2D eigenvalue weighted by molar-refractivity contribution is 5.72. The first-order valence-electron chi connectivity index (χ1n) is 6.36. The summed E-state index contributed by atoms with van der Waals surface area (Å²) < 4.78 is 5.94. The van der Waals surface area contributed by atoms with Gasteiger partial charge in [-0.3, -0.25) is 4.98 Å². The van der Waals surface area contributed by atoms with Gasteiger partial charge in [0, 0.05) is 23.5 Å². The zero-order valence-corrected chi connectivity index (χ0v) is 10.9. The van der Waals surface area contributed by atoms with Crippen LogP contribution in [0.2, 0.25) is 0 Å². The SMILES string of the molecule is Nc1cncc(-c2ccccc2Oc2ccccc2)c1. The van der Waals surface area contributed by atoms with Gasteiger partial charge in [-0.1, -0.05) is 36.4 Å². The molecule has 20 heavy (non-hydrogen) atoms. The molecule has 0 atom stereocenters. The van der Waals surface area contributed by atoms with Crippen LogP contribution >= 0.6 is 0 Å². The molecule has 0 saturated carbocycles. The Balaban J connectivity index is 2.00. The zero-order chi connectivity index (χ0) is 13.8. The third-order valence-corrected chi connectivity index (χ3v) is 2.93. The minimum Gasteiger partial charge on any atom is -0.457 e. The average molecular weight is 262 g/mol. The molecule has 0 aliphatic carbocycles. The summed E-state index contributed by atoms with van der Waals surface area (Å²) in [6.07, 6.45) is 3.41. The van der Waals surface area contributed by atoms with Crippen molar-refractivity contribution in [2.24, 2.45) is 0 Å². The smallest absolute Gasteiger partial charge is 0.135 e. The van der Waals surface area contributed by atoms with E-state index in [9.17, 15) is 0 Å². The second-order valence-corrected chi connectivity index (χ2v) is 4.42. The van der Waals surface area contributed by atoms with Gasteiger partial charge in [0.15, 0.2) is 0 Å². The molecule has 0 aliphatic rings. The fourth-order valence-electron chi connectivity index (χ4n) is 2.01. The third-order valence-electron chi connectivity index (χ3n) is 2.93. The van der Waals surface area contributed by atoms with E-state index in [1.54, 1.807) is 12.4 Å². The third kappa shape index (κ3) is 2.62. The predicted octanol–water partition coefficient (Wildman–Crippen LogP) is 4.12. The Morgan fingerprint density at radius 1 is 0.850 bits per heavy atom. The van der Waals surface area contributed by atoms with Crippen LogP contribution in [0.1, 0.15) is 0 Å². The Labute approximate surface area is 117 Å². The van der Waals surface area contributed by atoms with Gasteiger partial charge in [-0.05, 0) is 24.3 Å². The zero-order valence-electron chi connectivity index (χ0n) is 10.9. The van der Waals surface area contributed by atoms with Crippen LogP contribution < -0.4 is 10.5 Å². The monoisotopic (exact) mass is 262 g/mol. The fourth-order valence-corrected chi connectivity index (χ4v) is 2.01. The molecular formula is C17H14N2O. The van der Waals surface area contributed by atoms with Gasteiger partial charge in [0.1, 0.15) is 11.5 Å². The second kappa shape index (κ2) is 5.45. The van der Waals surface area contributed by atoms with Crippen molar-refractivity contribution in [1.29, 1.82) is 0 Å². The Morgan fingerprint density at radius 3 is 2.40 bits per heavy atom. The molecule has 0 radical (unpaired) electrons. The lowest BCUT2D eigenvalue weighted by atomic mass is 10.1. The molecule has 2 N–H and O–H groups in total. The minimum atomic E-state index is 0.636. The van der Waals surface area contributed by atoms with Crippen molar-refractivity contribution < 1.29 is 4.74 Å². The first-order chi connectivity index (χ1) is 9.83. The summed E-state index contributed by atoms with van der Waals surface area (Å²) in [6, 6.07) is 19.4. The van der Waals surface area contributed by atoms with Crippen molar-refractivity contribution in [2.45, 2.75) is 0 Å². The van der Waals surface area contributed by atoms with Crippen LogP contribution in [0, 0.1) is 0 Å². The molecule has 0 amide bonds. The normalized spacial score (nSPS) is 10.2. The molecule has 3 heteroatoms. The highest BCUT2D eigenvalue weighted by atomic mass is 16.5. The lowest BCUT2D eigenvalue weighted by Gasteiger charge is -2.11. The van der Waals surface area contributed by atoms with E-state index in [0.29, 0.717) is 5.69 Å². The number of nitrogen functional groups attached to an aromatic ring is 1. The molecule has 0 fully saturated rings. The Bertz CT molecular complexity index is 711. The van der Waals surface area contributed by atoms with Gasteiger partial charge in [0.2, 0.25) is 0 Å². The Morgan fingerprint density at radius 2 is 1.60 bits per heavy atom. The van der Waals surface area contributed by atoms with Crippen molar-refractivity contribution in [3.8, 4) is 22.6 Å². The molecule has 3 aromatic rings. The number of nitrogens with two attached hydrogens (primary N) is 1. The molecule has 1 aromatic heterocycles. The van der Waals surface area contributed by atoms with Gasteiger partial charge < -0.3 is 10.5 Å². The summed E-state index contributed by atoms with van der Waals surface area (Å²) in [6.45, 7) is 0. The van der Waals surface area contributed by atoms with Crippen molar-refractivity contribution in [2.75, 3.05) is 5.73 Å². The van der Waals surface area contributed by atoms with Crippen LogP contribution in [0.3, 0.4) is 0 Å². The maximum atomic E-state index is 5.94. The summed E-state index contributed by atoms with van der Waals surface area (Å²) in [7, 11) is 0. The van der Waals surface area contributed by atoms with Crippen molar-refractivity contribution in [3.63, 3.8) is 0 Å². The molecule has 0 aliphatic heterocycles. The quantitative estimate of drug-likeness (QED) is 0.772. The van der Waals surface area contributed by atoms with Crippen LogP contribution in [0.5, 0.6) is 11.5 Å². The van der Waals surface area contributed by atoms with E-state index in [2.05, 4.69) is 4.98 Å². The lowest BCUT2D eigenvalue weighted by molar-refractivity contribution is 0.484. The number of benzene rings is 2. The van der Waals surface area contributed by atoms with E-state index in [1.165, 1.54) is 0 Å². The summed E-state index contributed by atoms with van der Waals surface area (Å²) in [5.74, 6) is 1.59. The molecule has 1 heterocycles. The van der Waals surface area contributed by atoms with E-state index in [4.69, 9.17) is 10.5 Å². The van der Waals surface area contributed by atoms with Crippen LogP contribution in [0.15, 0.2) is 73.1 Å². The van der Waals surface area contributed by atoms with Gasteiger partial charge in [-0.2, -0.15) is 0 Å². The molecule has 2 aromatic carbocycles. The molecule has 98 valence electrons. The van der Waals surface area contributed by atoms with Gasteiger partial charge in [-0.25, -0.2) is 0 Å². The number of nitrogens with zero attached hydrogens (tertiary/aromatic N) is 1. The number of pyridine rings is 1. The van der Waals surface area contributed by atoms with E-state index in [1.807, 2.05) is 60.7 Å². The number of ether oxygens (including phenoxy) is 1. The number of aromatic nitrogens is 1. The van der Waals surface area contributed by atoms with Gasteiger partial charge in [-0.15, -0.1) is 0 Å². The topological polar surface area (TPSA) is 48.1 Å². The largest absolute Gasteiger partial charge is 0.457 e. The van der Waals surface area contributed by atoms with E-state index >= 15 is 0 Å². The van der Waals surface area contributed by atoms with Crippen LogP contribution in [0.4, 0.5) is 5.69 Å². The van der Waals surface area contributed by atoms with Gasteiger partial charge in [0.25, 0.3) is 0 Å². The average Bonchev–Trinajstić information content (AvgIpc) is 2.49. The maximum absolute atomic E-state index is 5.94. The van der Waals surface area contributed by atoms with Crippen LogP contribution in [0.25, 0.3) is 11.1 Å². The lowest BCUT2D eigenvalue weighted by Crippen LogP contribution is -1.91. The van der Waals surface area contributed by atoms with E-state index < -0.39 is 0 Å². The van der Waals surface area contributed by atoms with Crippen LogP contribution in [-0.2, 0) is 0 Å². The van der Waals surface area contributed by atoms with E-state index in [-0.39, 0.29) is 0 Å². The van der Waals surface area contributed by atoms with Crippen LogP contribution in [-0.4, -0.2) is 4.98 Å². The summed E-state index contributed by atoms with van der Waals surface area (Å²) in [5.41, 5.74) is 8.34. The van der Waals surface area contributed by atoms with E-state index in [0.717, 1.165) is 22.6 Å². The summed E-state index contributed by atoms with van der Waals surface area (Å²) >= 11 is 0. The highest BCUT2D eigenvalue weighted by Gasteiger charge is 2.07. The number of hydrogen-bond donors (Lipinski definition) is 1. The van der Waals surface area contributed by atoms with Crippen molar-refractivity contribution >= 4 is 5.69 Å². The number of anilines is 1. The first-order valence-corrected chi connectivity index (χ1v) is 6.36.